The molecule has 4 nitrogen and oxygen atoms in total. The van der Waals surface area contributed by atoms with Gasteiger partial charge in [0.05, 0.1) is 43.7 Å². The van der Waals surface area contributed by atoms with Gasteiger partial charge in [0.15, 0.2) is 0 Å². The van der Waals surface area contributed by atoms with E-state index in [-0.39, 0.29) is 30.5 Å². The smallest absolute Gasteiger partial charge is 0.0788 e. The fraction of sp³-hybridized carbons (Fsp3) is 1.00. The standard InChI is InChI=1S/C19H40O4/c1-8-10-19(7,11-9-15(2)3)23-18(6)14-22-17(5)13-21-16(4)12-20/h15-18,20H,8-14H2,1-7H3. The van der Waals surface area contributed by atoms with E-state index in [1.54, 1.807) is 0 Å². The molecule has 0 amide bonds. The van der Waals surface area contributed by atoms with E-state index in [4.69, 9.17) is 19.3 Å². The molecule has 4 atom stereocenters. The van der Waals surface area contributed by atoms with Crippen LogP contribution in [0.15, 0.2) is 0 Å². The molecule has 0 saturated heterocycles. The Morgan fingerprint density at radius 3 is 1.96 bits per heavy atom. The Kier molecular flexibility index (Phi) is 12.2. The van der Waals surface area contributed by atoms with E-state index in [2.05, 4.69) is 34.6 Å². The third-order valence-electron chi connectivity index (χ3n) is 4.00. The summed E-state index contributed by atoms with van der Waals surface area (Å²) in [5.41, 5.74) is -0.0626. The van der Waals surface area contributed by atoms with Crippen molar-refractivity contribution in [1.82, 2.24) is 0 Å². The molecule has 0 heterocycles. The van der Waals surface area contributed by atoms with Gasteiger partial charge in [-0.05, 0) is 52.9 Å². The van der Waals surface area contributed by atoms with Gasteiger partial charge in [0, 0.05) is 0 Å². The van der Waals surface area contributed by atoms with Crippen LogP contribution in [-0.2, 0) is 14.2 Å². The molecule has 0 bridgehead atoms. The van der Waals surface area contributed by atoms with Crippen LogP contribution in [0.3, 0.4) is 0 Å². The number of hydrogen-bond donors (Lipinski definition) is 1. The summed E-state index contributed by atoms with van der Waals surface area (Å²) in [4.78, 5) is 0. The van der Waals surface area contributed by atoms with Crippen LogP contribution in [0.4, 0.5) is 0 Å². The average Bonchev–Trinajstić information content (AvgIpc) is 2.48. The monoisotopic (exact) mass is 332 g/mol. The molecule has 0 fully saturated rings. The molecule has 0 aromatic heterocycles. The minimum absolute atomic E-state index is 0.00291. The SMILES string of the molecule is CCCC(C)(CCC(C)C)OC(C)COC(C)COC(C)CO. The van der Waals surface area contributed by atoms with Crippen molar-refractivity contribution in [3.8, 4) is 0 Å². The van der Waals surface area contributed by atoms with E-state index in [1.165, 1.54) is 6.42 Å². The lowest BCUT2D eigenvalue weighted by molar-refractivity contribution is -0.128. The first-order valence-corrected chi connectivity index (χ1v) is 9.24. The number of ether oxygens (including phenoxy) is 3. The second-order valence-electron chi connectivity index (χ2n) is 7.53. The average molecular weight is 333 g/mol. The van der Waals surface area contributed by atoms with Crippen molar-refractivity contribution in [1.29, 1.82) is 0 Å². The Labute approximate surface area is 143 Å². The zero-order chi connectivity index (χ0) is 17.9. The van der Waals surface area contributed by atoms with Crippen LogP contribution in [0.5, 0.6) is 0 Å². The molecule has 0 rings (SSSR count). The summed E-state index contributed by atoms with van der Waals surface area (Å²) < 4.78 is 17.6. The highest BCUT2D eigenvalue weighted by atomic mass is 16.6. The predicted molar refractivity (Wildman–Crippen MR) is 95.8 cm³/mol. The fourth-order valence-corrected chi connectivity index (χ4v) is 2.59. The largest absolute Gasteiger partial charge is 0.394 e. The molecule has 140 valence electrons. The third-order valence-corrected chi connectivity index (χ3v) is 4.00. The molecule has 23 heavy (non-hydrogen) atoms. The van der Waals surface area contributed by atoms with Crippen molar-refractivity contribution in [2.45, 2.75) is 98.1 Å². The molecule has 0 aliphatic carbocycles. The minimum Gasteiger partial charge on any atom is -0.394 e. The molecule has 1 N–H and O–H groups in total. The van der Waals surface area contributed by atoms with Crippen LogP contribution < -0.4 is 0 Å². The molecule has 0 spiro atoms. The lowest BCUT2D eigenvalue weighted by atomic mass is 9.91. The van der Waals surface area contributed by atoms with E-state index < -0.39 is 0 Å². The molecule has 4 unspecified atom stereocenters. The maximum atomic E-state index is 8.95. The van der Waals surface area contributed by atoms with Gasteiger partial charge in [-0.2, -0.15) is 0 Å². The molecule has 0 radical (unpaired) electrons. The van der Waals surface area contributed by atoms with E-state index in [0.717, 1.165) is 19.3 Å². The summed E-state index contributed by atoms with van der Waals surface area (Å²) in [6, 6.07) is 0. The summed E-state index contributed by atoms with van der Waals surface area (Å²) in [6.07, 6.45) is 4.42. The van der Waals surface area contributed by atoms with Gasteiger partial charge in [-0.1, -0.05) is 27.2 Å². The van der Waals surface area contributed by atoms with Gasteiger partial charge in [0.2, 0.25) is 0 Å². The first kappa shape index (κ1) is 22.8. The van der Waals surface area contributed by atoms with E-state index >= 15 is 0 Å². The van der Waals surface area contributed by atoms with Gasteiger partial charge in [-0.3, -0.25) is 0 Å². The lowest BCUT2D eigenvalue weighted by Gasteiger charge is -2.34. The lowest BCUT2D eigenvalue weighted by Crippen LogP contribution is -2.36. The van der Waals surface area contributed by atoms with Crippen molar-refractivity contribution < 1.29 is 19.3 Å². The molecule has 0 saturated carbocycles. The second kappa shape index (κ2) is 12.2. The van der Waals surface area contributed by atoms with Gasteiger partial charge in [-0.15, -0.1) is 0 Å². The van der Waals surface area contributed by atoms with E-state index in [9.17, 15) is 0 Å². The first-order chi connectivity index (χ1) is 10.7. The van der Waals surface area contributed by atoms with Crippen LogP contribution in [-0.4, -0.2) is 48.8 Å². The topological polar surface area (TPSA) is 47.9 Å². The summed E-state index contributed by atoms with van der Waals surface area (Å²) in [5, 5.41) is 8.95. The Morgan fingerprint density at radius 2 is 1.43 bits per heavy atom. The highest BCUT2D eigenvalue weighted by Crippen LogP contribution is 2.27. The second-order valence-corrected chi connectivity index (χ2v) is 7.53. The van der Waals surface area contributed by atoms with Crippen LogP contribution >= 0.6 is 0 Å². The number of rotatable bonds is 14. The molecule has 0 aromatic rings. The summed E-state index contributed by atoms with van der Waals surface area (Å²) in [7, 11) is 0. The van der Waals surface area contributed by atoms with Crippen LogP contribution in [0.1, 0.15) is 74.1 Å². The first-order valence-electron chi connectivity index (χ1n) is 9.24. The fourth-order valence-electron chi connectivity index (χ4n) is 2.59. The van der Waals surface area contributed by atoms with Gasteiger partial charge in [0.1, 0.15) is 0 Å². The predicted octanol–water partition coefficient (Wildman–Crippen LogP) is 4.19. The number of aliphatic hydroxyl groups is 1. The van der Waals surface area contributed by atoms with Crippen molar-refractivity contribution in [2.24, 2.45) is 5.92 Å². The Bertz CT molecular complexity index is 283. The quantitative estimate of drug-likeness (QED) is 0.518. The minimum atomic E-state index is -0.140. The van der Waals surface area contributed by atoms with E-state index in [1.807, 2.05) is 13.8 Å². The number of hydrogen-bond acceptors (Lipinski definition) is 4. The van der Waals surface area contributed by atoms with Gasteiger partial charge < -0.3 is 19.3 Å². The van der Waals surface area contributed by atoms with Crippen LogP contribution in [0.25, 0.3) is 0 Å². The van der Waals surface area contributed by atoms with Gasteiger partial charge >= 0.3 is 0 Å². The molecule has 4 heteroatoms. The van der Waals surface area contributed by atoms with Gasteiger partial charge in [0.25, 0.3) is 0 Å². The zero-order valence-corrected chi connectivity index (χ0v) is 16.4. The third kappa shape index (κ3) is 11.9. The molecular formula is C19H40O4. The summed E-state index contributed by atoms with van der Waals surface area (Å²) in [6.45, 7) is 16.0. The van der Waals surface area contributed by atoms with Gasteiger partial charge in [-0.25, -0.2) is 0 Å². The molecule has 0 aromatic carbocycles. The molecule has 0 aliphatic heterocycles. The van der Waals surface area contributed by atoms with Crippen LogP contribution in [0, 0.1) is 5.92 Å². The van der Waals surface area contributed by atoms with Crippen molar-refractivity contribution in [2.75, 3.05) is 19.8 Å². The maximum absolute atomic E-state index is 8.95. The highest BCUT2D eigenvalue weighted by molar-refractivity contribution is 4.77. The number of aliphatic hydroxyl groups excluding tert-OH is 1. The summed E-state index contributed by atoms with van der Waals surface area (Å²) >= 11 is 0. The zero-order valence-electron chi connectivity index (χ0n) is 16.4. The Balaban J connectivity index is 4.18. The van der Waals surface area contributed by atoms with Crippen molar-refractivity contribution >= 4 is 0 Å². The Hall–Kier alpha value is -0.160. The van der Waals surface area contributed by atoms with E-state index in [0.29, 0.717) is 19.1 Å². The van der Waals surface area contributed by atoms with Crippen molar-refractivity contribution in [3.05, 3.63) is 0 Å². The maximum Gasteiger partial charge on any atom is 0.0788 e. The highest BCUT2D eigenvalue weighted by Gasteiger charge is 2.27. The van der Waals surface area contributed by atoms with Crippen LogP contribution in [0.2, 0.25) is 0 Å². The Morgan fingerprint density at radius 1 is 0.870 bits per heavy atom. The molecule has 0 aliphatic rings. The van der Waals surface area contributed by atoms with Crippen molar-refractivity contribution in [3.63, 3.8) is 0 Å². The summed E-state index contributed by atoms with van der Waals surface area (Å²) in [5.74, 6) is 0.701. The normalized spacial score (nSPS) is 18.7. The molecular weight excluding hydrogens is 292 g/mol.